The van der Waals surface area contributed by atoms with Gasteiger partial charge in [0.1, 0.15) is 0 Å². The van der Waals surface area contributed by atoms with Crippen LogP contribution in [0.2, 0.25) is 0 Å². The summed E-state index contributed by atoms with van der Waals surface area (Å²) in [6, 6.07) is 4.30. The molecule has 1 amide bonds. The molecule has 1 saturated heterocycles. The van der Waals surface area contributed by atoms with Crippen molar-refractivity contribution in [3.63, 3.8) is 0 Å². The average Bonchev–Trinajstić information content (AvgIpc) is 2.35. The second-order valence-corrected chi connectivity index (χ2v) is 7.03. The average molecular weight is 272 g/mol. The maximum absolute atomic E-state index is 12.5. The zero-order valence-corrected chi connectivity index (χ0v) is 12.5. The summed E-state index contributed by atoms with van der Waals surface area (Å²) >= 11 is 0. The zero-order valence-electron chi connectivity index (χ0n) is 12.5. The molecule has 3 nitrogen and oxygen atoms in total. The molecule has 1 aromatic rings. The van der Waals surface area contributed by atoms with E-state index in [9.17, 15) is 4.79 Å². The molecular weight excluding hydrogens is 248 g/mol. The standard InChI is InChI=1S/C17H24N2O/c1-17(2)12-19(15(20)7-6-13-4-3-5-13)16(17)14-8-10-18-11-9-14/h8-11,13,16H,3-7,12H2,1-2H3. The Kier molecular flexibility index (Phi) is 3.53. The van der Waals surface area contributed by atoms with Crippen LogP contribution >= 0.6 is 0 Å². The number of likely N-dealkylation sites (tertiary alicyclic amines) is 1. The summed E-state index contributed by atoms with van der Waals surface area (Å²) in [5, 5.41) is 0. The van der Waals surface area contributed by atoms with E-state index in [2.05, 4.69) is 23.7 Å². The van der Waals surface area contributed by atoms with Crippen molar-refractivity contribution in [3.8, 4) is 0 Å². The molecule has 1 aromatic heterocycles. The molecule has 1 saturated carbocycles. The Morgan fingerprint density at radius 1 is 1.35 bits per heavy atom. The van der Waals surface area contributed by atoms with Gasteiger partial charge in [-0.1, -0.05) is 33.1 Å². The van der Waals surface area contributed by atoms with Crippen LogP contribution in [0.5, 0.6) is 0 Å². The molecule has 2 heterocycles. The highest BCUT2D eigenvalue weighted by Crippen LogP contribution is 2.48. The fourth-order valence-electron chi connectivity index (χ4n) is 3.59. The highest BCUT2D eigenvalue weighted by atomic mass is 16.2. The fraction of sp³-hybridized carbons (Fsp3) is 0.647. The molecule has 1 unspecified atom stereocenters. The van der Waals surface area contributed by atoms with Gasteiger partial charge in [-0.15, -0.1) is 0 Å². The first-order valence-electron chi connectivity index (χ1n) is 7.77. The molecule has 2 fully saturated rings. The third-order valence-corrected chi connectivity index (χ3v) is 4.96. The predicted molar refractivity (Wildman–Crippen MR) is 79.0 cm³/mol. The normalized spacial score (nSPS) is 24.9. The molecule has 0 N–H and O–H groups in total. The van der Waals surface area contributed by atoms with Crippen LogP contribution in [0.3, 0.4) is 0 Å². The van der Waals surface area contributed by atoms with Crippen molar-refractivity contribution in [2.75, 3.05) is 6.54 Å². The van der Waals surface area contributed by atoms with Gasteiger partial charge < -0.3 is 4.90 Å². The van der Waals surface area contributed by atoms with E-state index in [0.29, 0.717) is 5.91 Å². The zero-order chi connectivity index (χ0) is 14.2. The summed E-state index contributed by atoms with van der Waals surface area (Å²) < 4.78 is 0. The van der Waals surface area contributed by atoms with E-state index in [-0.39, 0.29) is 11.5 Å². The van der Waals surface area contributed by atoms with E-state index in [4.69, 9.17) is 0 Å². The molecule has 0 spiro atoms. The number of rotatable bonds is 4. The molecule has 20 heavy (non-hydrogen) atoms. The van der Waals surface area contributed by atoms with Crippen LogP contribution in [-0.4, -0.2) is 22.3 Å². The van der Waals surface area contributed by atoms with Crippen molar-refractivity contribution in [3.05, 3.63) is 30.1 Å². The minimum atomic E-state index is 0.174. The van der Waals surface area contributed by atoms with E-state index in [1.165, 1.54) is 24.8 Å². The van der Waals surface area contributed by atoms with Crippen LogP contribution in [0, 0.1) is 11.3 Å². The molecule has 0 radical (unpaired) electrons. The minimum absolute atomic E-state index is 0.174. The van der Waals surface area contributed by atoms with Gasteiger partial charge in [-0.3, -0.25) is 9.78 Å². The second-order valence-electron chi connectivity index (χ2n) is 7.03. The van der Waals surface area contributed by atoms with E-state index in [1.807, 2.05) is 24.5 Å². The maximum atomic E-state index is 12.5. The third-order valence-electron chi connectivity index (χ3n) is 4.96. The minimum Gasteiger partial charge on any atom is -0.334 e. The fourth-order valence-corrected chi connectivity index (χ4v) is 3.59. The number of hydrogen-bond acceptors (Lipinski definition) is 2. The van der Waals surface area contributed by atoms with E-state index in [0.717, 1.165) is 25.3 Å². The molecule has 3 rings (SSSR count). The summed E-state index contributed by atoms with van der Waals surface area (Å²) in [6.45, 7) is 5.37. The van der Waals surface area contributed by atoms with Crippen LogP contribution in [-0.2, 0) is 4.79 Å². The number of pyridine rings is 1. The Hall–Kier alpha value is -1.38. The number of amides is 1. The first kappa shape index (κ1) is 13.6. The quantitative estimate of drug-likeness (QED) is 0.839. The van der Waals surface area contributed by atoms with E-state index < -0.39 is 0 Å². The molecule has 2 aliphatic rings. The summed E-state index contributed by atoms with van der Waals surface area (Å²) in [7, 11) is 0. The molecule has 3 heteroatoms. The van der Waals surface area contributed by atoms with Crippen LogP contribution < -0.4 is 0 Å². The van der Waals surface area contributed by atoms with Crippen molar-refractivity contribution in [1.29, 1.82) is 0 Å². The van der Waals surface area contributed by atoms with Gasteiger partial charge in [-0.25, -0.2) is 0 Å². The Morgan fingerprint density at radius 3 is 2.60 bits per heavy atom. The highest BCUT2D eigenvalue weighted by Gasteiger charge is 2.48. The Labute approximate surface area is 121 Å². The molecule has 1 aliphatic carbocycles. The molecule has 1 aliphatic heterocycles. The van der Waals surface area contributed by atoms with Crippen molar-refractivity contribution < 1.29 is 4.79 Å². The predicted octanol–water partition coefficient (Wildman–Crippen LogP) is 3.57. The maximum Gasteiger partial charge on any atom is 0.223 e. The van der Waals surface area contributed by atoms with Gasteiger partial charge in [0.15, 0.2) is 0 Å². The van der Waals surface area contributed by atoms with Gasteiger partial charge >= 0.3 is 0 Å². The van der Waals surface area contributed by atoms with Crippen molar-refractivity contribution in [1.82, 2.24) is 9.88 Å². The lowest BCUT2D eigenvalue weighted by atomic mass is 9.71. The Balaban J connectivity index is 1.65. The van der Waals surface area contributed by atoms with Gasteiger partial charge in [0, 0.05) is 30.8 Å². The Bertz CT molecular complexity index is 479. The first-order chi connectivity index (χ1) is 9.58. The van der Waals surface area contributed by atoms with Gasteiger partial charge in [-0.2, -0.15) is 0 Å². The third kappa shape index (κ3) is 2.46. The van der Waals surface area contributed by atoms with Crippen LogP contribution in [0.1, 0.15) is 57.6 Å². The largest absolute Gasteiger partial charge is 0.334 e. The summed E-state index contributed by atoms with van der Waals surface area (Å²) in [4.78, 5) is 18.6. The first-order valence-corrected chi connectivity index (χ1v) is 7.77. The van der Waals surface area contributed by atoms with E-state index in [1.54, 1.807) is 0 Å². The van der Waals surface area contributed by atoms with E-state index >= 15 is 0 Å². The lowest BCUT2D eigenvalue weighted by Crippen LogP contribution is -2.57. The van der Waals surface area contributed by atoms with Gasteiger partial charge in [0.2, 0.25) is 5.91 Å². The smallest absolute Gasteiger partial charge is 0.223 e. The van der Waals surface area contributed by atoms with Gasteiger partial charge in [-0.05, 0) is 30.0 Å². The van der Waals surface area contributed by atoms with Crippen molar-refractivity contribution in [2.24, 2.45) is 11.3 Å². The second kappa shape index (κ2) is 5.19. The Morgan fingerprint density at radius 2 is 2.05 bits per heavy atom. The van der Waals surface area contributed by atoms with Crippen molar-refractivity contribution in [2.45, 2.75) is 52.0 Å². The molecule has 0 bridgehead atoms. The SMILES string of the molecule is CC1(C)CN(C(=O)CCC2CCC2)C1c1ccncc1. The molecular formula is C17H24N2O. The molecule has 0 aromatic carbocycles. The number of carbonyl (C=O) groups is 1. The van der Waals surface area contributed by atoms with Crippen LogP contribution in [0.25, 0.3) is 0 Å². The summed E-state index contributed by atoms with van der Waals surface area (Å²) in [5.74, 6) is 1.14. The van der Waals surface area contributed by atoms with Crippen LogP contribution in [0.4, 0.5) is 0 Å². The number of nitrogens with zero attached hydrogens (tertiary/aromatic N) is 2. The monoisotopic (exact) mass is 272 g/mol. The lowest BCUT2D eigenvalue weighted by molar-refractivity contribution is -0.152. The van der Waals surface area contributed by atoms with Gasteiger partial charge in [0.05, 0.1) is 6.04 Å². The lowest BCUT2D eigenvalue weighted by Gasteiger charge is -2.54. The molecule has 1 atom stereocenters. The van der Waals surface area contributed by atoms with Gasteiger partial charge in [0.25, 0.3) is 0 Å². The summed E-state index contributed by atoms with van der Waals surface area (Å²) in [6.07, 6.45) is 9.46. The summed E-state index contributed by atoms with van der Waals surface area (Å²) in [5.41, 5.74) is 1.39. The number of aromatic nitrogens is 1. The van der Waals surface area contributed by atoms with Crippen molar-refractivity contribution >= 4 is 5.91 Å². The number of hydrogen-bond donors (Lipinski definition) is 0. The topological polar surface area (TPSA) is 33.2 Å². The molecule has 108 valence electrons. The highest BCUT2D eigenvalue weighted by molar-refractivity contribution is 5.78. The van der Waals surface area contributed by atoms with Crippen LogP contribution in [0.15, 0.2) is 24.5 Å². The number of carbonyl (C=O) groups excluding carboxylic acids is 1.